The van der Waals surface area contributed by atoms with E-state index in [0.29, 0.717) is 24.6 Å². The predicted molar refractivity (Wildman–Crippen MR) is 226 cm³/mol. The highest BCUT2D eigenvalue weighted by molar-refractivity contribution is 6.40. The highest BCUT2D eigenvalue weighted by atomic mass is 16.7. The molecule has 0 aliphatic carbocycles. The molecule has 0 aromatic heterocycles. The lowest BCUT2D eigenvalue weighted by molar-refractivity contribution is -0.165. The maximum Gasteiger partial charge on any atom is 0.313 e. The Labute approximate surface area is 357 Å². The summed E-state index contributed by atoms with van der Waals surface area (Å²) in [6.45, 7) is 20.8. The minimum Gasteiger partial charge on any atom is -0.434 e. The van der Waals surface area contributed by atoms with E-state index in [4.69, 9.17) is 24.7 Å². The standard InChI is InChI=1S/C21H29N3O6.C16H22N2O3.C6H11NO3/c1-6-29-20-15(11-16(25)30-20)24-17(26)12(2)22-18(27)19(28)23-14-10-8-7-9-13(14)21(3,4)5;1-10(11(2)19)17-14(20)15(21)18-13-9-7-6-8-12(13)16(3,4)5;1-2-9-6-4(7)3-5(8)10-6/h7-10,12,15,20H,6,11H2,1-5H3,(H,22,27)(H,23,28)(H,24,26);6-10H,1-5H3,(H,17,20)(H,18,21);4,6H,2-3,7H2,1H3/t12-,15-,20-;10-;4-,6-/m000/s1. The second-order valence-electron chi connectivity index (χ2n) is 16.3. The van der Waals surface area contributed by atoms with Gasteiger partial charge in [0.05, 0.1) is 24.9 Å². The van der Waals surface area contributed by atoms with Crippen molar-refractivity contribution in [2.75, 3.05) is 23.8 Å². The molecule has 2 aromatic carbocycles. The lowest BCUT2D eigenvalue weighted by Crippen LogP contribution is -2.52. The zero-order valence-electron chi connectivity index (χ0n) is 36.9. The Hall–Kier alpha value is -5.72. The second kappa shape index (κ2) is 23.3. The van der Waals surface area contributed by atoms with Gasteiger partial charge in [-0.3, -0.25) is 38.4 Å². The van der Waals surface area contributed by atoms with E-state index in [-0.39, 0.29) is 41.5 Å². The smallest absolute Gasteiger partial charge is 0.313 e. The Balaban J connectivity index is 0.000000356. The number of para-hydroxylation sites is 2. The van der Waals surface area contributed by atoms with E-state index in [2.05, 4.69) is 26.6 Å². The number of ketones is 1. The van der Waals surface area contributed by atoms with Gasteiger partial charge >= 0.3 is 35.6 Å². The van der Waals surface area contributed by atoms with Gasteiger partial charge in [-0.05, 0) is 68.7 Å². The van der Waals surface area contributed by atoms with E-state index in [9.17, 15) is 38.4 Å². The quantitative estimate of drug-likeness (QED) is 0.141. The molecule has 7 N–H and O–H groups in total. The molecule has 2 aliphatic heterocycles. The van der Waals surface area contributed by atoms with Crippen molar-refractivity contribution in [1.29, 1.82) is 0 Å². The van der Waals surface area contributed by atoms with Crippen LogP contribution in [0.25, 0.3) is 0 Å². The number of ether oxygens (including phenoxy) is 4. The monoisotopic (exact) mass is 854 g/mol. The predicted octanol–water partition coefficient (Wildman–Crippen LogP) is 2.86. The average Bonchev–Trinajstić information content (AvgIpc) is 3.69. The van der Waals surface area contributed by atoms with Crippen LogP contribution < -0.4 is 32.3 Å². The molecule has 4 rings (SSSR count). The number of anilines is 2. The number of cyclic esters (lactones) is 2. The van der Waals surface area contributed by atoms with Crippen molar-refractivity contribution in [3.63, 3.8) is 0 Å². The van der Waals surface area contributed by atoms with Crippen LogP contribution in [0.2, 0.25) is 0 Å². The number of esters is 2. The summed E-state index contributed by atoms with van der Waals surface area (Å²) in [5, 5.41) is 12.5. The Kier molecular flexibility index (Phi) is 19.7. The molecular formula is C43H62N6O12. The van der Waals surface area contributed by atoms with Crippen molar-refractivity contribution in [2.24, 2.45) is 5.73 Å². The van der Waals surface area contributed by atoms with Crippen LogP contribution in [0.15, 0.2) is 48.5 Å². The summed E-state index contributed by atoms with van der Waals surface area (Å²) >= 11 is 0. The van der Waals surface area contributed by atoms with Crippen molar-refractivity contribution in [3.05, 3.63) is 59.7 Å². The number of nitrogens with two attached hydrogens (primary N) is 1. The summed E-state index contributed by atoms with van der Waals surface area (Å²) in [5.41, 5.74) is 8.04. The van der Waals surface area contributed by atoms with Gasteiger partial charge < -0.3 is 51.3 Å². The van der Waals surface area contributed by atoms with Crippen LogP contribution in [0.4, 0.5) is 11.4 Å². The number of carbonyl (C=O) groups is 8. The number of Topliss-reactive ketones (excluding diaryl/α,β-unsaturated/α-hetero) is 1. The van der Waals surface area contributed by atoms with Crippen molar-refractivity contribution in [3.8, 4) is 0 Å². The summed E-state index contributed by atoms with van der Waals surface area (Å²) in [7, 11) is 0. The first-order valence-electron chi connectivity index (χ1n) is 20.0. The van der Waals surface area contributed by atoms with E-state index >= 15 is 0 Å². The van der Waals surface area contributed by atoms with Gasteiger partial charge in [-0.2, -0.15) is 0 Å². The summed E-state index contributed by atoms with van der Waals surface area (Å²) in [4.78, 5) is 93.8. The largest absolute Gasteiger partial charge is 0.434 e. The van der Waals surface area contributed by atoms with Crippen molar-refractivity contribution >= 4 is 58.6 Å². The van der Waals surface area contributed by atoms with Crippen molar-refractivity contribution in [2.45, 2.75) is 137 Å². The highest BCUT2D eigenvalue weighted by Crippen LogP contribution is 2.30. The van der Waals surface area contributed by atoms with Gasteiger partial charge in [0.15, 0.2) is 5.78 Å². The van der Waals surface area contributed by atoms with Gasteiger partial charge in [-0.1, -0.05) is 77.9 Å². The third-order valence-corrected chi connectivity index (χ3v) is 9.03. The molecule has 6 atom stereocenters. The normalized spacial score (nSPS) is 19.2. The molecule has 0 spiro atoms. The molecule has 2 saturated heterocycles. The molecule has 18 heteroatoms. The molecule has 5 amide bonds. The van der Waals surface area contributed by atoms with Gasteiger partial charge in [-0.25, -0.2) is 0 Å². The first kappa shape index (κ1) is 51.4. The highest BCUT2D eigenvalue weighted by Gasteiger charge is 2.37. The van der Waals surface area contributed by atoms with E-state index < -0.39 is 66.2 Å². The molecule has 61 heavy (non-hydrogen) atoms. The fourth-order valence-electron chi connectivity index (χ4n) is 5.69. The Morgan fingerprint density at radius 1 is 0.672 bits per heavy atom. The number of amides is 5. The summed E-state index contributed by atoms with van der Waals surface area (Å²) in [6, 6.07) is 11.9. The lowest BCUT2D eigenvalue weighted by atomic mass is 9.86. The second-order valence-corrected chi connectivity index (χ2v) is 16.3. The van der Waals surface area contributed by atoms with Gasteiger partial charge in [0.25, 0.3) is 0 Å². The molecule has 0 unspecified atom stereocenters. The summed E-state index contributed by atoms with van der Waals surface area (Å²) in [6.07, 6.45) is -1.14. The maximum atomic E-state index is 12.4. The zero-order chi connectivity index (χ0) is 46.2. The van der Waals surface area contributed by atoms with Gasteiger partial charge in [0, 0.05) is 24.6 Å². The summed E-state index contributed by atoms with van der Waals surface area (Å²) in [5.74, 6) is -4.93. The number of hydrogen-bond acceptors (Lipinski definition) is 13. The van der Waals surface area contributed by atoms with Crippen LogP contribution in [-0.2, 0) is 68.1 Å². The minimum atomic E-state index is -1.00. The fourth-order valence-corrected chi connectivity index (χ4v) is 5.69. The van der Waals surface area contributed by atoms with E-state index in [1.54, 1.807) is 31.2 Å². The number of benzene rings is 2. The molecule has 2 aliphatic rings. The van der Waals surface area contributed by atoms with Gasteiger partial charge in [0.2, 0.25) is 18.5 Å². The van der Waals surface area contributed by atoms with Crippen LogP contribution in [0.3, 0.4) is 0 Å². The van der Waals surface area contributed by atoms with Crippen LogP contribution in [0.5, 0.6) is 0 Å². The third kappa shape index (κ3) is 16.7. The van der Waals surface area contributed by atoms with Crippen LogP contribution in [-0.4, -0.2) is 97.2 Å². The van der Waals surface area contributed by atoms with E-state index in [1.165, 1.54) is 20.8 Å². The van der Waals surface area contributed by atoms with Gasteiger partial charge in [0.1, 0.15) is 12.1 Å². The van der Waals surface area contributed by atoms with Crippen LogP contribution >= 0.6 is 0 Å². The fraction of sp³-hybridized carbons (Fsp3) is 0.535. The number of nitrogens with one attached hydrogen (secondary N) is 5. The average molecular weight is 855 g/mol. The summed E-state index contributed by atoms with van der Waals surface area (Å²) < 4.78 is 20.0. The Morgan fingerprint density at radius 3 is 1.49 bits per heavy atom. The molecule has 336 valence electrons. The molecule has 18 nitrogen and oxygen atoms in total. The van der Waals surface area contributed by atoms with E-state index in [0.717, 1.165) is 11.1 Å². The van der Waals surface area contributed by atoms with Crippen LogP contribution in [0, 0.1) is 0 Å². The number of rotatable bonds is 11. The first-order valence-corrected chi connectivity index (χ1v) is 20.0. The van der Waals surface area contributed by atoms with Crippen LogP contribution in [0.1, 0.15) is 100 Å². The van der Waals surface area contributed by atoms with Gasteiger partial charge in [-0.15, -0.1) is 0 Å². The minimum absolute atomic E-state index is 0.0266. The molecule has 2 heterocycles. The first-order chi connectivity index (χ1) is 28.4. The molecule has 0 saturated carbocycles. The van der Waals surface area contributed by atoms with E-state index in [1.807, 2.05) is 72.7 Å². The topological polar surface area (TPSA) is 260 Å². The Bertz CT molecular complexity index is 1890. The molecule has 0 bridgehead atoms. The van der Waals surface area contributed by atoms with Crippen molar-refractivity contribution in [1.82, 2.24) is 16.0 Å². The van der Waals surface area contributed by atoms with Crippen molar-refractivity contribution < 1.29 is 57.3 Å². The third-order valence-electron chi connectivity index (χ3n) is 9.03. The maximum absolute atomic E-state index is 12.4. The number of carbonyl (C=O) groups excluding carboxylic acids is 8. The molecule has 2 aromatic rings. The molecular weight excluding hydrogens is 793 g/mol. The molecule has 0 radical (unpaired) electrons. The zero-order valence-corrected chi connectivity index (χ0v) is 36.9. The number of hydrogen-bond donors (Lipinski definition) is 6. The molecule has 2 fully saturated rings. The SMILES string of the molecule is CC(=O)[C@H](C)NC(=O)C(=O)Nc1ccccc1C(C)(C)C.CCO[C@H]1OC(=O)C[C@@H]1N.CCO[C@H]1OC(=O)C[C@@H]1NC(=O)[C@H](C)NC(=O)C(=O)Nc1ccccc1C(C)(C)C. The Morgan fingerprint density at radius 2 is 1.08 bits per heavy atom. The lowest BCUT2D eigenvalue weighted by Gasteiger charge is -2.23.